The SMILES string of the molecule is C=CCCCCCC(CC)OCC(=O)NC(C(=O)NC(CCCNC(N)=O)C(=O)Nc1ccc(COP(=O)(O)CCCCSC(=O)[C@@]2(OC(=O)CC)[C@H](C)C[C@H]3[C@@H]4C[C@H](F)C5=CC(=O)C=C[C@]5(C)[C@@]4(F)[C@@H](O)C[C@@]32C)cc1)C(C)C. The minimum atomic E-state index is -4.16. The second kappa shape index (κ2) is 29.0. The molecule has 4 unspecified atom stereocenters. The Morgan fingerprint density at radius 1 is 0.975 bits per heavy atom. The van der Waals surface area contributed by atoms with Crippen LogP contribution in [-0.4, -0.2) is 117 Å². The number of unbranched alkanes of at least 4 members (excludes halogenated alkanes) is 4. The van der Waals surface area contributed by atoms with Crippen LogP contribution in [0.2, 0.25) is 0 Å². The molecule has 0 heterocycles. The van der Waals surface area contributed by atoms with Crippen LogP contribution in [0.15, 0.2) is 60.7 Å². The number of allylic oxidation sites excluding steroid dienone is 5. The van der Waals surface area contributed by atoms with Crippen molar-refractivity contribution in [3.63, 3.8) is 0 Å². The van der Waals surface area contributed by atoms with E-state index in [0.29, 0.717) is 11.3 Å². The fraction of sp³-hybridized carbons (Fsp3) is 0.672. The summed E-state index contributed by atoms with van der Waals surface area (Å²) in [5.74, 6) is -5.35. The molecule has 0 radical (unpaired) electrons. The van der Waals surface area contributed by atoms with Gasteiger partial charge in [0.1, 0.15) is 24.9 Å². The molecule has 0 spiro atoms. The van der Waals surface area contributed by atoms with Crippen molar-refractivity contribution in [2.24, 2.45) is 40.2 Å². The Hall–Kier alpha value is -4.79. The second-order valence-corrected chi connectivity index (χ2v) is 25.8. The molecule has 0 bridgehead atoms. The lowest BCUT2D eigenvalue weighted by Crippen LogP contribution is -2.70. The third-order valence-electron chi connectivity index (χ3n) is 17.0. The molecule has 5 amide bonds. The number of hydrogen-bond donors (Lipinski definition) is 7. The van der Waals surface area contributed by atoms with Crippen molar-refractivity contribution in [1.29, 1.82) is 0 Å². The van der Waals surface area contributed by atoms with Gasteiger partial charge in [0.05, 0.1) is 25.0 Å². The zero-order chi connectivity index (χ0) is 59.2. The highest BCUT2D eigenvalue weighted by molar-refractivity contribution is 8.13. The lowest BCUT2D eigenvalue weighted by Gasteiger charge is -2.63. The van der Waals surface area contributed by atoms with Crippen molar-refractivity contribution in [2.75, 3.05) is 30.4 Å². The van der Waals surface area contributed by atoms with Gasteiger partial charge in [-0.2, -0.15) is 0 Å². The van der Waals surface area contributed by atoms with E-state index in [9.17, 15) is 48.1 Å². The number of carbonyl (C=O) groups is 7. The highest BCUT2D eigenvalue weighted by Gasteiger charge is 2.78. The van der Waals surface area contributed by atoms with Crippen LogP contribution in [0.1, 0.15) is 144 Å². The lowest BCUT2D eigenvalue weighted by molar-refractivity contribution is -0.228. The molecule has 3 fully saturated rings. The zero-order valence-electron chi connectivity index (χ0n) is 47.5. The van der Waals surface area contributed by atoms with Gasteiger partial charge in [-0.25, -0.2) is 13.6 Å². The third-order valence-corrected chi connectivity index (χ3v) is 19.4. The molecule has 1 aromatic rings. The molecule has 0 saturated heterocycles. The van der Waals surface area contributed by atoms with Gasteiger partial charge in [-0.05, 0) is 125 Å². The van der Waals surface area contributed by atoms with Crippen molar-refractivity contribution in [3.8, 4) is 0 Å². The van der Waals surface area contributed by atoms with E-state index >= 15 is 8.78 Å². The maximum atomic E-state index is 17.9. The topological polar surface area (TPSA) is 279 Å². The van der Waals surface area contributed by atoms with Gasteiger partial charge in [0.15, 0.2) is 17.1 Å². The number of hydrogen-bond acceptors (Lipinski definition) is 13. The van der Waals surface area contributed by atoms with E-state index in [0.717, 1.165) is 56.4 Å². The Labute approximate surface area is 474 Å². The van der Waals surface area contributed by atoms with Gasteiger partial charge in [0.25, 0.3) is 0 Å². The Morgan fingerprint density at radius 3 is 2.34 bits per heavy atom. The van der Waals surface area contributed by atoms with Crippen LogP contribution in [0.3, 0.4) is 0 Å². The number of halogens is 2. The molecule has 18 nitrogen and oxygen atoms in total. The molecule has 4 aliphatic rings. The average Bonchev–Trinajstić information content (AvgIpc) is 2.28. The summed E-state index contributed by atoms with van der Waals surface area (Å²) in [5.41, 5.74) is -1.06. The fourth-order valence-corrected chi connectivity index (χ4v) is 14.9. The molecule has 0 aromatic heterocycles. The number of urea groups is 1. The number of rotatable bonds is 31. The van der Waals surface area contributed by atoms with E-state index < -0.39 is 112 Å². The number of aliphatic hydroxyl groups excluding tert-OH is 1. The van der Waals surface area contributed by atoms with Crippen molar-refractivity contribution >= 4 is 65.7 Å². The number of carbonyl (C=O) groups excluding carboxylic acids is 7. The number of alkyl halides is 2. The molecule has 80 heavy (non-hydrogen) atoms. The Bertz CT molecular complexity index is 2500. The number of aliphatic hydroxyl groups is 1. The first kappa shape index (κ1) is 66.0. The van der Waals surface area contributed by atoms with Gasteiger partial charge < -0.3 is 51.0 Å². The minimum absolute atomic E-state index is 0.0196. The number of thioether (sulfide) groups is 1. The summed E-state index contributed by atoms with van der Waals surface area (Å²) in [6.07, 6.45) is 7.70. The Kier molecular flexibility index (Phi) is 23.9. The number of fused-ring (bicyclic) bond motifs is 5. The Morgan fingerprint density at radius 2 is 1.69 bits per heavy atom. The van der Waals surface area contributed by atoms with Crippen molar-refractivity contribution in [3.05, 3.63) is 66.3 Å². The summed E-state index contributed by atoms with van der Waals surface area (Å²) in [7, 11) is -4.16. The predicted molar refractivity (Wildman–Crippen MR) is 302 cm³/mol. The summed E-state index contributed by atoms with van der Waals surface area (Å²) < 4.78 is 64.7. The normalized spacial score (nSPS) is 28.6. The van der Waals surface area contributed by atoms with Crippen LogP contribution in [0.4, 0.5) is 19.3 Å². The number of ether oxygens (including phenoxy) is 2. The van der Waals surface area contributed by atoms with E-state index in [2.05, 4.69) is 27.8 Å². The van der Waals surface area contributed by atoms with E-state index in [4.69, 9.17) is 19.7 Å². The average molecular weight is 1160 g/mol. The number of benzene rings is 1. The molecular weight excluding hydrogens is 1080 g/mol. The molecule has 4 aliphatic carbocycles. The minimum Gasteiger partial charge on any atom is -0.449 e. The number of ketones is 1. The lowest BCUT2D eigenvalue weighted by atomic mass is 9.44. The standard InChI is InChI=1S/C58H86F2N5O13PS/c1-9-12-13-14-15-19-41(10-2)76-35-48(68)65-50(36(4)5)52(71)64-46(20-18-27-62-54(61)73)51(70)63-39-23-21-38(22-24-39)34-77-79(74,75)28-16-17-29-80-53(72)58(78-49(69)11-3)37(6)30-42-43-32-45(59)44-31-40(66)25-26-55(44,7)57(43,60)47(67)33-56(42,58)8/h9,21-26,31,36-37,41-43,45-47,50,67H,1,10-20,27-30,32-35H2,2-8H3,(H,63,70)(H,64,71)(H,65,68)(H,74,75)(H3,61,62,73)/t37-,41?,42+,43+,45+,46?,47+,50?,55+,56+,57+,58+/m1/s1. The summed E-state index contributed by atoms with van der Waals surface area (Å²) >= 11 is 0.891. The smallest absolute Gasteiger partial charge is 0.328 e. The number of amides is 5. The summed E-state index contributed by atoms with van der Waals surface area (Å²) in [6, 6.07) is 3.45. The van der Waals surface area contributed by atoms with Crippen LogP contribution in [0.25, 0.3) is 0 Å². The van der Waals surface area contributed by atoms with E-state index in [1.165, 1.54) is 19.1 Å². The van der Waals surface area contributed by atoms with E-state index in [1.807, 2.05) is 13.0 Å². The first-order valence-electron chi connectivity index (χ1n) is 28.3. The maximum Gasteiger partial charge on any atom is 0.328 e. The number of esters is 1. The number of primary amides is 1. The molecule has 1 aromatic carbocycles. The van der Waals surface area contributed by atoms with Gasteiger partial charge in [0.2, 0.25) is 22.8 Å². The van der Waals surface area contributed by atoms with Gasteiger partial charge in [-0.15, -0.1) is 6.58 Å². The van der Waals surface area contributed by atoms with Crippen molar-refractivity contribution < 1.29 is 70.9 Å². The molecule has 8 N–H and O–H groups in total. The predicted octanol–water partition coefficient (Wildman–Crippen LogP) is 8.63. The summed E-state index contributed by atoms with van der Waals surface area (Å²) in [6.45, 7) is 15.4. The molecule has 22 heteroatoms. The van der Waals surface area contributed by atoms with Gasteiger partial charge in [-0.3, -0.25) is 33.3 Å². The number of anilines is 1. The van der Waals surface area contributed by atoms with Crippen LogP contribution in [0, 0.1) is 34.5 Å². The van der Waals surface area contributed by atoms with Crippen LogP contribution >= 0.6 is 19.4 Å². The van der Waals surface area contributed by atoms with Gasteiger partial charge in [-0.1, -0.05) is 90.4 Å². The van der Waals surface area contributed by atoms with Crippen molar-refractivity contribution in [1.82, 2.24) is 16.0 Å². The van der Waals surface area contributed by atoms with Crippen LogP contribution < -0.4 is 27.0 Å². The fourth-order valence-electron chi connectivity index (χ4n) is 12.5. The summed E-state index contributed by atoms with van der Waals surface area (Å²) in [5, 5.41) is 22.1. The quantitative estimate of drug-likeness (QED) is 0.0159. The molecule has 0 aliphatic heterocycles. The molecule has 5 rings (SSSR count). The molecule has 3 saturated carbocycles. The van der Waals surface area contributed by atoms with Gasteiger partial charge >= 0.3 is 19.6 Å². The molecular formula is C58H86F2N5O13PS. The zero-order valence-corrected chi connectivity index (χ0v) is 49.2. The second-order valence-electron chi connectivity index (χ2n) is 22.8. The molecule has 13 atom stereocenters. The van der Waals surface area contributed by atoms with Crippen LogP contribution in [-0.2, 0) is 53.9 Å². The molecule has 446 valence electrons. The van der Waals surface area contributed by atoms with Crippen LogP contribution in [0.5, 0.6) is 0 Å². The maximum absolute atomic E-state index is 17.9. The highest BCUT2D eigenvalue weighted by Crippen LogP contribution is 2.72. The first-order valence-corrected chi connectivity index (χ1v) is 31.0. The first-order chi connectivity index (χ1) is 37.7. The number of nitrogens with one attached hydrogen (secondary N) is 4. The van der Waals surface area contributed by atoms with Gasteiger partial charge in [0, 0.05) is 47.1 Å². The Balaban J connectivity index is 1.14. The largest absolute Gasteiger partial charge is 0.449 e. The third kappa shape index (κ3) is 15.4. The summed E-state index contributed by atoms with van der Waals surface area (Å²) in [4.78, 5) is 103. The number of nitrogens with two attached hydrogens (primary N) is 1. The van der Waals surface area contributed by atoms with E-state index in [-0.39, 0.29) is 101 Å². The highest BCUT2D eigenvalue weighted by atomic mass is 32.2. The monoisotopic (exact) mass is 1160 g/mol. The van der Waals surface area contributed by atoms with Crippen molar-refractivity contribution in [2.45, 2.75) is 187 Å². The van der Waals surface area contributed by atoms with E-state index in [1.54, 1.807) is 58.9 Å².